The highest BCUT2D eigenvalue weighted by Crippen LogP contribution is 2.33. The maximum atomic E-state index is 12.9. The van der Waals surface area contributed by atoms with Crippen LogP contribution in [0.4, 0.5) is 5.69 Å². The summed E-state index contributed by atoms with van der Waals surface area (Å²) in [5.74, 6) is 0.0686. The molecule has 21 heavy (non-hydrogen) atoms. The van der Waals surface area contributed by atoms with Crippen molar-refractivity contribution in [2.24, 2.45) is 0 Å². The van der Waals surface area contributed by atoms with Gasteiger partial charge < -0.3 is 10.6 Å². The van der Waals surface area contributed by atoms with Gasteiger partial charge in [0.2, 0.25) is 0 Å². The van der Waals surface area contributed by atoms with Crippen molar-refractivity contribution >= 4 is 11.6 Å². The average molecular weight is 281 g/mol. The third-order valence-corrected chi connectivity index (χ3v) is 4.21. The number of nitrogens with zero attached hydrogens (tertiary/aromatic N) is 2. The van der Waals surface area contributed by atoms with Crippen LogP contribution in [0.15, 0.2) is 42.7 Å². The van der Waals surface area contributed by atoms with E-state index in [1.165, 1.54) is 0 Å². The molecule has 0 bridgehead atoms. The molecule has 1 amide bonds. The lowest BCUT2D eigenvalue weighted by atomic mass is 10.0. The van der Waals surface area contributed by atoms with E-state index in [0.717, 1.165) is 30.5 Å². The molecule has 1 aliphatic heterocycles. The zero-order chi connectivity index (χ0) is 14.8. The van der Waals surface area contributed by atoms with Crippen LogP contribution in [0.3, 0.4) is 0 Å². The standard InChI is InChI=1S/C17H19N3O/c1-12-14(4-2-5-15(12)18)17(21)20-11-3-6-16(20)13-7-9-19-10-8-13/h2,4-5,7-10,16H,3,6,11,18H2,1H3. The second-order valence-corrected chi connectivity index (χ2v) is 5.46. The first-order valence-electron chi connectivity index (χ1n) is 7.24. The molecule has 108 valence electrons. The summed E-state index contributed by atoms with van der Waals surface area (Å²) < 4.78 is 0. The van der Waals surface area contributed by atoms with E-state index in [1.807, 2.05) is 42.2 Å². The Hall–Kier alpha value is -2.36. The first-order chi connectivity index (χ1) is 10.2. The fourth-order valence-corrected chi connectivity index (χ4v) is 2.98. The predicted molar refractivity (Wildman–Crippen MR) is 82.8 cm³/mol. The summed E-state index contributed by atoms with van der Waals surface area (Å²) in [4.78, 5) is 18.9. The molecule has 1 saturated heterocycles. The van der Waals surface area contributed by atoms with E-state index in [2.05, 4.69) is 4.98 Å². The van der Waals surface area contributed by atoms with E-state index in [-0.39, 0.29) is 11.9 Å². The smallest absolute Gasteiger partial charge is 0.254 e. The third-order valence-electron chi connectivity index (χ3n) is 4.21. The number of carbonyl (C=O) groups excluding carboxylic acids is 1. The van der Waals surface area contributed by atoms with Crippen LogP contribution in [0.5, 0.6) is 0 Å². The number of anilines is 1. The molecule has 1 atom stereocenters. The molecule has 2 heterocycles. The molecule has 0 saturated carbocycles. The summed E-state index contributed by atoms with van der Waals surface area (Å²) in [7, 11) is 0. The van der Waals surface area contributed by atoms with Gasteiger partial charge in [0.15, 0.2) is 0 Å². The Balaban J connectivity index is 1.92. The monoisotopic (exact) mass is 281 g/mol. The number of nitrogens with two attached hydrogens (primary N) is 1. The van der Waals surface area contributed by atoms with Crippen LogP contribution < -0.4 is 5.73 Å². The van der Waals surface area contributed by atoms with Crippen LogP contribution in [-0.2, 0) is 0 Å². The molecule has 1 aromatic carbocycles. The van der Waals surface area contributed by atoms with Gasteiger partial charge in [0.25, 0.3) is 5.91 Å². The Morgan fingerprint density at radius 1 is 1.29 bits per heavy atom. The number of amides is 1. The molecule has 1 aromatic heterocycles. The average Bonchev–Trinajstić information content (AvgIpc) is 3.00. The van der Waals surface area contributed by atoms with E-state index in [9.17, 15) is 4.79 Å². The van der Waals surface area contributed by atoms with Gasteiger partial charge in [-0.15, -0.1) is 0 Å². The topological polar surface area (TPSA) is 59.2 Å². The molecular weight excluding hydrogens is 262 g/mol. The number of pyridine rings is 1. The molecular formula is C17H19N3O. The van der Waals surface area contributed by atoms with Gasteiger partial charge in [0.1, 0.15) is 0 Å². The Kier molecular flexibility index (Phi) is 3.60. The minimum atomic E-state index is 0.0686. The molecule has 1 aliphatic rings. The first-order valence-corrected chi connectivity index (χ1v) is 7.24. The Labute approximate surface area is 124 Å². The lowest BCUT2D eigenvalue weighted by Gasteiger charge is -2.26. The summed E-state index contributed by atoms with van der Waals surface area (Å²) in [6.07, 6.45) is 5.58. The number of likely N-dealkylation sites (tertiary alicyclic amines) is 1. The molecule has 2 aromatic rings. The normalized spacial score (nSPS) is 18.0. The molecule has 0 radical (unpaired) electrons. The van der Waals surface area contributed by atoms with Gasteiger partial charge in [-0.1, -0.05) is 6.07 Å². The first kappa shape index (κ1) is 13.6. The van der Waals surface area contributed by atoms with Crippen molar-refractivity contribution in [3.8, 4) is 0 Å². The van der Waals surface area contributed by atoms with Crippen LogP contribution >= 0.6 is 0 Å². The van der Waals surface area contributed by atoms with E-state index >= 15 is 0 Å². The number of hydrogen-bond donors (Lipinski definition) is 1. The summed E-state index contributed by atoms with van der Waals surface area (Å²) in [5.41, 5.74) is 9.31. The summed E-state index contributed by atoms with van der Waals surface area (Å²) in [6, 6.07) is 9.64. The Morgan fingerprint density at radius 2 is 2.05 bits per heavy atom. The maximum absolute atomic E-state index is 12.9. The number of aromatic nitrogens is 1. The largest absolute Gasteiger partial charge is 0.398 e. The van der Waals surface area contributed by atoms with E-state index < -0.39 is 0 Å². The number of nitrogen functional groups attached to an aromatic ring is 1. The molecule has 1 fully saturated rings. The van der Waals surface area contributed by atoms with Crippen LogP contribution in [-0.4, -0.2) is 22.3 Å². The number of rotatable bonds is 2. The molecule has 1 unspecified atom stereocenters. The predicted octanol–water partition coefficient (Wildman–Crippen LogP) is 2.95. The van der Waals surface area contributed by atoms with Gasteiger partial charge in [-0.2, -0.15) is 0 Å². The van der Waals surface area contributed by atoms with Crippen molar-refractivity contribution < 1.29 is 4.79 Å². The second kappa shape index (κ2) is 5.56. The Morgan fingerprint density at radius 3 is 2.81 bits per heavy atom. The van der Waals surface area contributed by atoms with Crippen LogP contribution in [0.1, 0.15) is 40.4 Å². The minimum absolute atomic E-state index is 0.0686. The zero-order valence-corrected chi connectivity index (χ0v) is 12.1. The van der Waals surface area contributed by atoms with E-state index in [4.69, 9.17) is 5.73 Å². The maximum Gasteiger partial charge on any atom is 0.254 e. The van der Waals surface area contributed by atoms with E-state index in [0.29, 0.717) is 11.3 Å². The highest BCUT2D eigenvalue weighted by molar-refractivity contribution is 5.97. The molecule has 0 aliphatic carbocycles. The Bertz CT molecular complexity index is 654. The third kappa shape index (κ3) is 2.49. The molecule has 4 nitrogen and oxygen atoms in total. The van der Waals surface area contributed by atoms with Gasteiger partial charge >= 0.3 is 0 Å². The highest BCUT2D eigenvalue weighted by Gasteiger charge is 2.31. The minimum Gasteiger partial charge on any atom is -0.398 e. The highest BCUT2D eigenvalue weighted by atomic mass is 16.2. The number of carbonyl (C=O) groups is 1. The van der Waals surface area contributed by atoms with Gasteiger partial charge in [-0.3, -0.25) is 9.78 Å². The molecule has 0 spiro atoms. The van der Waals surface area contributed by atoms with Gasteiger partial charge in [0, 0.05) is 30.2 Å². The molecule has 2 N–H and O–H groups in total. The lowest BCUT2D eigenvalue weighted by molar-refractivity contribution is 0.0735. The summed E-state index contributed by atoms with van der Waals surface area (Å²) in [6.45, 7) is 2.69. The fourth-order valence-electron chi connectivity index (χ4n) is 2.98. The molecule has 4 heteroatoms. The van der Waals surface area contributed by atoms with Crippen LogP contribution in [0.2, 0.25) is 0 Å². The number of hydrogen-bond acceptors (Lipinski definition) is 3. The van der Waals surface area contributed by atoms with Crippen molar-refractivity contribution in [2.45, 2.75) is 25.8 Å². The second-order valence-electron chi connectivity index (χ2n) is 5.46. The van der Waals surface area contributed by atoms with Crippen molar-refractivity contribution in [1.82, 2.24) is 9.88 Å². The van der Waals surface area contributed by atoms with Gasteiger partial charge in [-0.05, 0) is 55.2 Å². The summed E-state index contributed by atoms with van der Waals surface area (Å²) >= 11 is 0. The lowest BCUT2D eigenvalue weighted by Crippen LogP contribution is -2.31. The molecule has 3 rings (SSSR count). The van der Waals surface area contributed by atoms with Crippen molar-refractivity contribution in [3.05, 3.63) is 59.4 Å². The van der Waals surface area contributed by atoms with Crippen LogP contribution in [0, 0.1) is 6.92 Å². The number of benzene rings is 1. The zero-order valence-electron chi connectivity index (χ0n) is 12.1. The SMILES string of the molecule is Cc1c(N)cccc1C(=O)N1CCCC1c1ccncc1. The van der Waals surface area contributed by atoms with Crippen LogP contribution in [0.25, 0.3) is 0 Å². The van der Waals surface area contributed by atoms with Crippen molar-refractivity contribution in [1.29, 1.82) is 0 Å². The summed E-state index contributed by atoms with van der Waals surface area (Å²) in [5, 5.41) is 0. The van der Waals surface area contributed by atoms with Gasteiger partial charge in [0.05, 0.1) is 6.04 Å². The quantitative estimate of drug-likeness (QED) is 0.861. The van der Waals surface area contributed by atoms with Crippen molar-refractivity contribution in [3.63, 3.8) is 0 Å². The van der Waals surface area contributed by atoms with E-state index in [1.54, 1.807) is 12.4 Å². The fraction of sp³-hybridized carbons (Fsp3) is 0.294. The van der Waals surface area contributed by atoms with Gasteiger partial charge in [-0.25, -0.2) is 0 Å². The van der Waals surface area contributed by atoms with Crippen molar-refractivity contribution in [2.75, 3.05) is 12.3 Å².